The SMILES string of the molecule is COC(=O)c1cn(CCS(=O)(=O)c2ccccc2)cc2c(=O)[nH]nc1-2. The second kappa shape index (κ2) is 6.52. The number of pyridine rings is 1. The summed E-state index contributed by atoms with van der Waals surface area (Å²) >= 11 is 0. The van der Waals surface area contributed by atoms with Crippen LogP contribution in [0.2, 0.25) is 0 Å². The lowest BCUT2D eigenvalue weighted by Crippen LogP contribution is -2.16. The number of aryl methyl sites for hydroxylation is 1. The molecule has 9 heteroatoms. The zero-order chi connectivity index (χ0) is 18.0. The lowest BCUT2D eigenvalue weighted by atomic mass is 10.1. The third kappa shape index (κ3) is 3.31. The predicted octanol–water partition coefficient (Wildman–Crippen LogP) is 0.937. The molecule has 2 aliphatic rings. The van der Waals surface area contributed by atoms with E-state index < -0.39 is 21.4 Å². The Balaban J connectivity index is 1.94. The maximum absolute atomic E-state index is 12.4. The van der Waals surface area contributed by atoms with Gasteiger partial charge in [0.05, 0.1) is 23.3 Å². The molecule has 130 valence electrons. The molecule has 0 spiro atoms. The summed E-state index contributed by atoms with van der Waals surface area (Å²) in [6.07, 6.45) is 2.89. The van der Waals surface area contributed by atoms with E-state index in [-0.39, 0.29) is 34.0 Å². The van der Waals surface area contributed by atoms with E-state index in [4.69, 9.17) is 4.74 Å². The van der Waals surface area contributed by atoms with Gasteiger partial charge < -0.3 is 9.30 Å². The number of aromatic nitrogens is 3. The van der Waals surface area contributed by atoms with Crippen molar-refractivity contribution >= 4 is 15.8 Å². The molecule has 1 aromatic rings. The zero-order valence-corrected chi connectivity index (χ0v) is 14.1. The summed E-state index contributed by atoms with van der Waals surface area (Å²) in [5.74, 6) is -0.836. The molecule has 0 atom stereocenters. The van der Waals surface area contributed by atoms with Gasteiger partial charge in [0.1, 0.15) is 11.3 Å². The van der Waals surface area contributed by atoms with Gasteiger partial charge in [-0.2, -0.15) is 5.10 Å². The minimum absolute atomic E-state index is 0.0712. The van der Waals surface area contributed by atoms with Crippen LogP contribution < -0.4 is 5.56 Å². The Morgan fingerprint density at radius 2 is 1.96 bits per heavy atom. The quantitative estimate of drug-likeness (QED) is 0.677. The summed E-state index contributed by atoms with van der Waals surface area (Å²) in [6.45, 7) is 0.0712. The number of aromatic amines is 1. The molecule has 1 N–H and O–H groups in total. The number of sulfone groups is 1. The summed E-state index contributed by atoms with van der Waals surface area (Å²) in [5, 5.41) is 6.09. The molecular formula is C16H15N3O5S. The van der Waals surface area contributed by atoms with Crippen LogP contribution in [0.15, 0.2) is 52.4 Å². The van der Waals surface area contributed by atoms with Crippen LogP contribution in [0, 0.1) is 0 Å². The maximum Gasteiger partial charge on any atom is 0.341 e. The minimum Gasteiger partial charge on any atom is -0.465 e. The van der Waals surface area contributed by atoms with Gasteiger partial charge in [0.15, 0.2) is 9.84 Å². The first-order valence-corrected chi connectivity index (χ1v) is 9.02. The third-order valence-electron chi connectivity index (χ3n) is 3.74. The molecule has 0 unspecified atom stereocenters. The largest absolute Gasteiger partial charge is 0.465 e. The van der Waals surface area contributed by atoms with Crippen LogP contribution in [0.25, 0.3) is 11.3 Å². The van der Waals surface area contributed by atoms with Crippen LogP contribution in [-0.2, 0) is 21.1 Å². The number of benzene rings is 1. The summed E-state index contributed by atoms with van der Waals surface area (Å²) < 4.78 is 30.9. The van der Waals surface area contributed by atoms with Crippen molar-refractivity contribution in [2.45, 2.75) is 11.4 Å². The summed E-state index contributed by atoms with van der Waals surface area (Å²) in [5.41, 5.74) is 0.0231. The van der Waals surface area contributed by atoms with Crippen molar-refractivity contribution in [2.24, 2.45) is 0 Å². The summed E-state index contributed by atoms with van der Waals surface area (Å²) in [7, 11) is -2.27. The molecule has 3 rings (SSSR count). The Morgan fingerprint density at radius 3 is 2.64 bits per heavy atom. The molecule has 0 amide bonds. The van der Waals surface area contributed by atoms with Crippen LogP contribution in [0.1, 0.15) is 10.4 Å². The molecule has 0 fully saturated rings. The normalized spacial score (nSPS) is 11.6. The molecular weight excluding hydrogens is 346 g/mol. The number of fused-ring (bicyclic) bond motifs is 1. The number of H-pyrrole nitrogens is 1. The second-order valence-corrected chi connectivity index (χ2v) is 7.46. The fourth-order valence-electron chi connectivity index (χ4n) is 2.45. The molecule has 0 bridgehead atoms. The molecule has 25 heavy (non-hydrogen) atoms. The molecule has 2 heterocycles. The third-order valence-corrected chi connectivity index (χ3v) is 5.45. The topological polar surface area (TPSA) is 111 Å². The molecule has 0 saturated heterocycles. The second-order valence-electron chi connectivity index (χ2n) is 5.35. The zero-order valence-electron chi connectivity index (χ0n) is 13.3. The maximum atomic E-state index is 12.4. The lowest BCUT2D eigenvalue weighted by molar-refractivity contribution is 0.0600. The van der Waals surface area contributed by atoms with Crippen molar-refractivity contribution in [2.75, 3.05) is 12.9 Å². The summed E-state index contributed by atoms with van der Waals surface area (Å²) in [6, 6.07) is 8.08. The van der Waals surface area contributed by atoms with E-state index in [0.29, 0.717) is 0 Å². The number of esters is 1. The van der Waals surface area contributed by atoms with Gasteiger partial charge in [0, 0.05) is 18.9 Å². The Labute approximate surface area is 143 Å². The van der Waals surface area contributed by atoms with Crippen LogP contribution in [-0.4, -0.2) is 42.0 Å². The number of rotatable bonds is 5. The first-order chi connectivity index (χ1) is 11.9. The van der Waals surface area contributed by atoms with Crippen molar-refractivity contribution in [3.05, 3.63) is 58.6 Å². The highest BCUT2D eigenvalue weighted by Crippen LogP contribution is 2.21. The van der Waals surface area contributed by atoms with Gasteiger partial charge in [-0.25, -0.2) is 18.3 Å². The standard InChI is InChI=1S/C16H15N3O5S/c1-24-16(21)13-10-19(9-12-14(13)17-18-15(12)20)7-8-25(22,23)11-5-3-2-4-6-11/h2-6,9-10H,7-8H2,1H3,(H,18,20). The van der Waals surface area contributed by atoms with Gasteiger partial charge in [-0.15, -0.1) is 0 Å². The fourth-order valence-corrected chi connectivity index (χ4v) is 3.71. The van der Waals surface area contributed by atoms with E-state index in [0.717, 1.165) is 0 Å². The Morgan fingerprint density at radius 1 is 1.24 bits per heavy atom. The molecule has 0 radical (unpaired) electrons. The number of carbonyl (C=O) groups is 1. The molecule has 0 aliphatic carbocycles. The van der Waals surface area contributed by atoms with E-state index >= 15 is 0 Å². The van der Waals surface area contributed by atoms with E-state index in [1.165, 1.54) is 36.2 Å². The van der Waals surface area contributed by atoms with Gasteiger partial charge >= 0.3 is 5.97 Å². The number of methoxy groups -OCH3 is 1. The van der Waals surface area contributed by atoms with E-state index in [1.807, 2.05) is 0 Å². The Bertz CT molecular complexity index is 1040. The van der Waals surface area contributed by atoms with Gasteiger partial charge in [-0.05, 0) is 12.1 Å². The number of hydrogen-bond acceptors (Lipinski definition) is 6. The first kappa shape index (κ1) is 16.9. The number of nitrogens with zero attached hydrogens (tertiary/aromatic N) is 2. The van der Waals surface area contributed by atoms with Crippen LogP contribution in [0.5, 0.6) is 0 Å². The van der Waals surface area contributed by atoms with Gasteiger partial charge in [0.2, 0.25) is 0 Å². The van der Waals surface area contributed by atoms with Crippen molar-refractivity contribution in [3.63, 3.8) is 0 Å². The number of nitrogens with one attached hydrogen (secondary N) is 1. The van der Waals surface area contributed by atoms with Gasteiger partial charge in [0.25, 0.3) is 5.56 Å². The average Bonchev–Trinajstić information content (AvgIpc) is 3.00. The van der Waals surface area contributed by atoms with E-state index in [9.17, 15) is 18.0 Å². The lowest BCUT2D eigenvalue weighted by Gasteiger charge is -2.12. The minimum atomic E-state index is -3.49. The summed E-state index contributed by atoms with van der Waals surface area (Å²) in [4.78, 5) is 23.9. The van der Waals surface area contributed by atoms with E-state index in [1.54, 1.807) is 18.2 Å². The first-order valence-electron chi connectivity index (χ1n) is 7.36. The van der Waals surface area contributed by atoms with Crippen LogP contribution >= 0.6 is 0 Å². The average molecular weight is 361 g/mol. The van der Waals surface area contributed by atoms with Gasteiger partial charge in [-0.1, -0.05) is 18.2 Å². The highest BCUT2D eigenvalue weighted by atomic mass is 32.2. The fraction of sp³-hybridized carbons (Fsp3) is 0.188. The predicted molar refractivity (Wildman–Crippen MR) is 89.3 cm³/mol. The molecule has 2 aliphatic heterocycles. The Kier molecular flexibility index (Phi) is 4.41. The smallest absolute Gasteiger partial charge is 0.341 e. The number of carbonyl (C=O) groups excluding carboxylic acids is 1. The Hall–Kier alpha value is -2.94. The van der Waals surface area contributed by atoms with Crippen molar-refractivity contribution in [1.82, 2.24) is 14.8 Å². The molecule has 1 aromatic carbocycles. The van der Waals surface area contributed by atoms with Crippen molar-refractivity contribution < 1.29 is 17.9 Å². The van der Waals surface area contributed by atoms with Gasteiger partial charge in [-0.3, -0.25) is 4.79 Å². The highest BCUT2D eigenvalue weighted by molar-refractivity contribution is 7.91. The molecule has 0 aromatic heterocycles. The van der Waals surface area contributed by atoms with Crippen LogP contribution in [0.4, 0.5) is 0 Å². The van der Waals surface area contributed by atoms with Crippen LogP contribution in [0.3, 0.4) is 0 Å². The molecule has 0 saturated carbocycles. The number of ether oxygens (including phenoxy) is 1. The van der Waals surface area contributed by atoms with Crippen molar-refractivity contribution in [3.8, 4) is 11.3 Å². The van der Waals surface area contributed by atoms with E-state index in [2.05, 4.69) is 10.2 Å². The molecule has 8 nitrogen and oxygen atoms in total. The number of hydrogen-bond donors (Lipinski definition) is 1. The van der Waals surface area contributed by atoms with Crippen molar-refractivity contribution in [1.29, 1.82) is 0 Å². The highest BCUT2D eigenvalue weighted by Gasteiger charge is 2.22. The monoisotopic (exact) mass is 361 g/mol.